The minimum atomic E-state index is 0.615. The van der Waals surface area contributed by atoms with Crippen LogP contribution in [0, 0.1) is 0 Å². The Bertz CT molecular complexity index is 726. The van der Waals surface area contributed by atoms with E-state index in [1.807, 2.05) is 24.3 Å². The number of halogens is 1. The van der Waals surface area contributed by atoms with Gasteiger partial charge in [0.2, 0.25) is 0 Å². The number of hydrogen-bond acceptors (Lipinski definition) is 1. The zero-order valence-electron chi connectivity index (χ0n) is 11.8. The van der Waals surface area contributed by atoms with Crippen LogP contribution < -0.4 is 5.32 Å². The van der Waals surface area contributed by atoms with Crippen molar-refractivity contribution in [3.8, 4) is 0 Å². The van der Waals surface area contributed by atoms with Crippen molar-refractivity contribution in [1.82, 2.24) is 4.98 Å². The van der Waals surface area contributed by atoms with Gasteiger partial charge in [-0.1, -0.05) is 60.1 Å². The van der Waals surface area contributed by atoms with Crippen molar-refractivity contribution in [1.29, 1.82) is 0 Å². The lowest BCUT2D eigenvalue weighted by molar-refractivity contribution is -0.670. The molecular formula is C18H18ClN2+. The first-order chi connectivity index (χ1) is 10.3. The summed E-state index contributed by atoms with van der Waals surface area (Å²) in [7, 11) is 0. The monoisotopic (exact) mass is 297 g/mol. The Morgan fingerprint density at radius 3 is 2.57 bits per heavy atom. The van der Waals surface area contributed by atoms with E-state index in [0.717, 1.165) is 36.0 Å². The summed E-state index contributed by atoms with van der Waals surface area (Å²) in [6, 6.07) is 20.8. The third-order valence-corrected chi connectivity index (χ3v) is 3.92. The van der Waals surface area contributed by atoms with E-state index >= 15 is 0 Å². The minimum absolute atomic E-state index is 0.615. The predicted molar refractivity (Wildman–Crippen MR) is 87.4 cm³/mol. The summed E-state index contributed by atoms with van der Waals surface area (Å²) in [6.07, 6.45) is 1.07. The molecule has 2 aromatic carbocycles. The topological polar surface area (TPSA) is 29.5 Å². The van der Waals surface area contributed by atoms with Gasteiger partial charge in [-0.05, 0) is 17.7 Å². The van der Waals surface area contributed by atoms with E-state index in [4.69, 9.17) is 11.6 Å². The molecule has 0 aliphatic carbocycles. The summed E-state index contributed by atoms with van der Waals surface area (Å²) in [5.74, 6) is 0. The maximum absolute atomic E-state index is 6.27. The van der Waals surface area contributed by atoms with Gasteiger partial charge in [-0.2, -0.15) is 0 Å². The molecule has 0 atom stereocenters. The van der Waals surface area contributed by atoms with Gasteiger partial charge < -0.3 is 5.32 Å². The summed E-state index contributed by atoms with van der Waals surface area (Å²) in [5, 5.41) is 4.04. The summed E-state index contributed by atoms with van der Waals surface area (Å²) >= 11 is 6.27. The largest absolute Gasteiger partial charge is 0.342 e. The van der Waals surface area contributed by atoms with Gasteiger partial charge in [0.1, 0.15) is 11.7 Å². The molecule has 21 heavy (non-hydrogen) atoms. The standard InChI is InChI=1S/C18H17ClN2/c19-18-16(12-15-8-4-5-9-17(15)21-18)13-20-11-10-14-6-2-1-3-7-14/h1-9,12,20H,10-11,13H2/p+1. The van der Waals surface area contributed by atoms with Crippen LogP contribution in [0.4, 0.5) is 0 Å². The van der Waals surface area contributed by atoms with Crippen molar-refractivity contribution in [2.24, 2.45) is 0 Å². The van der Waals surface area contributed by atoms with Gasteiger partial charge >= 0.3 is 0 Å². The Kier molecular flexibility index (Phi) is 4.49. The lowest BCUT2D eigenvalue weighted by atomic mass is 10.1. The van der Waals surface area contributed by atoms with E-state index < -0.39 is 0 Å². The fraction of sp³-hybridized carbons (Fsp3) is 0.167. The van der Waals surface area contributed by atoms with Crippen LogP contribution in [0.5, 0.6) is 0 Å². The highest BCUT2D eigenvalue weighted by Gasteiger charge is 2.06. The summed E-state index contributed by atoms with van der Waals surface area (Å²) in [6.45, 7) is 1.91. The maximum atomic E-state index is 6.27. The van der Waals surface area contributed by atoms with Gasteiger partial charge in [0, 0.05) is 17.4 Å². The normalized spacial score (nSPS) is 10.9. The second kappa shape index (κ2) is 6.70. The molecule has 3 rings (SSSR count). The van der Waals surface area contributed by atoms with Crippen molar-refractivity contribution in [2.75, 3.05) is 6.54 Å². The van der Waals surface area contributed by atoms with Gasteiger partial charge in [0.15, 0.2) is 0 Å². The van der Waals surface area contributed by atoms with E-state index in [2.05, 4.69) is 46.7 Å². The van der Waals surface area contributed by atoms with Crippen LogP contribution in [-0.4, -0.2) is 11.5 Å². The second-order valence-corrected chi connectivity index (χ2v) is 5.51. The van der Waals surface area contributed by atoms with Gasteiger partial charge in [-0.3, -0.25) is 0 Å². The highest BCUT2D eigenvalue weighted by molar-refractivity contribution is 6.30. The Balaban J connectivity index is 1.61. The molecule has 2 nitrogen and oxygen atoms in total. The van der Waals surface area contributed by atoms with Crippen LogP contribution in [0.2, 0.25) is 5.15 Å². The summed E-state index contributed by atoms with van der Waals surface area (Å²) in [4.78, 5) is 4.46. The summed E-state index contributed by atoms with van der Waals surface area (Å²) in [5.41, 5.74) is 3.43. The molecule has 106 valence electrons. The third-order valence-electron chi connectivity index (χ3n) is 3.59. The molecule has 0 amide bonds. The molecule has 3 heteroatoms. The molecule has 0 saturated heterocycles. The molecule has 2 N–H and O–H groups in total. The lowest BCUT2D eigenvalue weighted by Gasteiger charge is -2.06. The first-order valence-corrected chi connectivity index (χ1v) is 7.60. The molecule has 0 aliphatic rings. The summed E-state index contributed by atoms with van der Waals surface area (Å²) < 4.78 is 0. The predicted octanol–water partition coefficient (Wildman–Crippen LogP) is 3.19. The number of benzene rings is 2. The van der Waals surface area contributed by atoms with Crippen molar-refractivity contribution >= 4 is 22.5 Å². The fourth-order valence-electron chi connectivity index (χ4n) is 2.45. The highest BCUT2D eigenvalue weighted by atomic mass is 35.5. The number of fused-ring (bicyclic) bond motifs is 1. The average Bonchev–Trinajstić information content (AvgIpc) is 2.53. The number of rotatable bonds is 5. The van der Waals surface area contributed by atoms with Crippen LogP contribution in [-0.2, 0) is 13.0 Å². The molecule has 0 unspecified atom stereocenters. The quantitative estimate of drug-likeness (QED) is 0.569. The average molecular weight is 298 g/mol. The van der Waals surface area contributed by atoms with Crippen molar-refractivity contribution in [2.45, 2.75) is 13.0 Å². The number of hydrogen-bond donors (Lipinski definition) is 1. The van der Waals surface area contributed by atoms with Crippen molar-refractivity contribution in [3.63, 3.8) is 0 Å². The third kappa shape index (κ3) is 3.60. The van der Waals surface area contributed by atoms with E-state index in [9.17, 15) is 0 Å². The Labute approximate surface area is 129 Å². The molecule has 0 saturated carbocycles. The number of quaternary nitrogens is 1. The van der Waals surface area contributed by atoms with E-state index in [0.29, 0.717) is 5.15 Å². The highest BCUT2D eigenvalue weighted by Crippen LogP contribution is 2.19. The Hall–Kier alpha value is -1.90. The number of nitrogens with two attached hydrogens (primary N) is 1. The molecule has 0 spiro atoms. The molecule has 3 aromatic rings. The molecule has 1 aromatic heterocycles. The number of para-hydroxylation sites is 1. The van der Waals surface area contributed by atoms with Crippen LogP contribution in [0.25, 0.3) is 10.9 Å². The van der Waals surface area contributed by atoms with E-state index in [-0.39, 0.29) is 0 Å². The van der Waals surface area contributed by atoms with Crippen LogP contribution in [0.1, 0.15) is 11.1 Å². The van der Waals surface area contributed by atoms with Crippen LogP contribution in [0.3, 0.4) is 0 Å². The van der Waals surface area contributed by atoms with Crippen LogP contribution >= 0.6 is 11.6 Å². The second-order valence-electron chi connectivity index (χ2n) is 5.15. The van der Waals surface area contributed by atoms with Crippen molar-refractivity contribution in [3.05, 3.63) is 76.9 Å². The van der Waals surface area contributed by atoms with Gasteiger partial charge in [-0.15, -0.1) is 0 Å². The molecule has 0 fully saturated rings. The molecule has 0 radical (unpaired) electrons. The molecular weight excluding hydrogens is 280 g/mol. The zero-order valence-corrected chi connectivity index (χ0v) is 12.6. The number of pyridine rings is 1. The van der Waals surface area contributed by atoms with Gasteiger partial charge in [0.05, 0.1) is 12.1 Å². The first-order valence-electron chi connectivity index (χ1n) is 7.23. The van der Waals surface area contributed by atoms with Gasteiger partial charge in [-0.25, -0.2) is 4.98 Å². The number of nitrogens with zero attached hydrogens (tertiary/aromatic N) is 1. The Morgan fingerprint density at radius 2 is 1.71 bits per heavy atom. The van der Waals surface area contributed by atoms with Gasteiger partial charge in [0.25, 0.3) is 0 Å². The molecule has 0 bridgehead atoms. The zero-order chi connectivity index (χ0) is 14.5. The SMILES string of the molecule is Clc1nc2ccccc2cc1C[NH2+]CCc1ccccc1. The maximum Gasteiger partial charge on any atom is 0.138 e. The minimum Gasteiger partial charge on any atom is -0.342 e. The fourth-order valence-corrected chi connectivity index (χ4v) is 2.67. The van der Waals surface area contributed by atoms with E-state index in [1.54, 1.807) is 0 Å². The lowest BCUT2D eigenvalue weighted by Crippen LogP contribution is -2.83. The smallest absolute Gasteiger partial charge is 0.138 e. The molecule has 0 aliphatic heterocycles. The molecule has 1 heterocycles. The van der Waals surface area contributed by atoms with Crippen molar-refractivity contribution < 1.29 is 5.32 Å². The first kappa shape index (κ1) is 14.1. The Morgan fingerprint density at radius 1 is 0.952 bits per heavy atom. The number of aromatic nitrogens is 1. The van der Waals surface area contributed by atoms with Crippen LogP contribution in [0.15, 0.2) is 60.7 Å². The van der Waals surface area contributed by atoms with E-state index in [1.165, 1.54) is 5.56 Å².